The molecular formula is C29H26F6N6O6. The van der Waals surface area contributed by atoms with Gasteiger partial charge in [-0.2, -0.15) is 0 Å². The van der Waals surface area contributed by atoms with E-state index in [1.54, 1.807) is 0 Å². The topological polar surface area (TPSA) is 139 Å². The molecule has 0 spiro atoms. The molecule has 2 N–H and O–H groups in total. The molecule has 0 saturated heterocycles. The van der Waals surface area contributed by atoms with Crippen LogP contribution in [0.25, 0.3) is 0 Å². The van der Waals surface area contributed by atoms with Crippen molar-refractivity contribution < 1.29 is 50.1 Å². The van der Waals surface area contributed by atoms with Crippen molar-refractivity contribution in [3.8, 4) is 11.5 Å². The van der Waals surface area contributed by atoms with Gasteiger partial charge in [-0.3, -0.25) is 19.6 Å². The van der Waals surface area contributed by atoms with E-state index in [4.69, 9.17) is 4.74 Å². The lowest BCUT2D eigenvalue weighted by Gasteiger charge is -2.11. The molecule has 0 saturated carbocycles. The second-order valence-electron chi connectivity index (χ2n) is 9.80. The number of aromatic nitrogens is 4. The van der Waals surface area contributed by atoms with Crippen LogP contribution in [0.3, 0.4) is 0 Å². The Labute approximate surface area is 261 Å². The van der Waals surface area contributed by atoms with E-state index in [2.05, 4.69) is 30.4 Å². The van der Waals surface area contributed by atoms with Crippen LogP contribution < -0.4 is 25.7 Å². The van der Waals surface area contributed by atoms with Crippen molar-refractivity contribution in [2.24, 2.45) is 0 Å². The molecule has 0 aliphatic heterocycles. The van der Waals surface area contributed by atoms with Gasteiger partial charge >= 0.3 is 18.8 Å². The van der Waals surface area contributed by atoms with Gasteiger partial charge < -0.3 is 24.1 Å². The third kappa shape index (κ3) is 11.7. The highest BCUT2D eigenvalue weighted by Gasteiger charge is 2.31. The Kier molecular flexibility index (Phi) is 11.1. The first-order valence-electron chi connectivity index (χ1n) is 13.7. The molecule has 47 heavy (non-hydrogen) atoms. The zero-order valence-corrected chi connectivity index (χ0v) is 24.2. The number of nitrogens with zero attached hydrogens (tertiary/aromatic N) is 4. The van der Waals surface area contributed by atoms with Gasteiger partial charge in [0.2, 0.25) is 0 Å². The Bertz CT molecular complexity index is 1740. The number of nitrogens with one attached hydrogen (secondary N) is 2. The van der Waals surface area contributed by atoms with Crippen LogP contribution in [0.15, 0.2) is 77.9 Å². The smallest absolute Gasteiger partial charge is 0.444 e. The third-order valence-corrected chi connectivity index (χ3v) is 6.14. The van der Waals surface area contributed by atoms with Crippen molar-refractivity contribution in [1.29, 1.82) is 0 Å². The van der Waals surface area contributed by atoms with E-state index in [9.17, 15) is 40.7 Å². The number of halogens is 6. The van der Waals surface area contributed by atoms with Crippen molar-refractivity contribution in [1.82, 2.24) is 24.9 Å². The van der Waals surface area contributed by atoms with Gasteiger partial charge in [0.05, 0.1) is 11.9 Å². The van der Waals surface area contributed by atoms with E-state index >= 15 is 0 Å². The fourth-order valence-corrected chi connectivity index (χ4v) is 4.10. The number of hydrogen-bond donors (Lipinski definition) is 2. The van der Waals surface area contributed by atoms with Crippen molar-refractivity contribution in [3.63, 3.8) is 0 Å². The lowest BCUT2D eigenvalue weighted by molar-refractivity contribution is -0.275. The molecule has 18 heteroatoms. The second kappa shape index (κ2) is 15.2. The van der Waals surface area contributed by atoms with Crippen molar-refractivity contribution in [2.75, 3.05) is 5.32 Å². The number of unbranched alkanes of at least 4 members (excludes halogenated alkanes) is 1. The van der Waals surface area contributed by atoms with Crippen molar-refractivity contribution in [2.45, 2.75) is 51.8 Å². The molecule has 0 bridgehead atoms. The lowest BCUT2D eigenvalue weighted by Crippen LogP contribution is -2.23. The van der Waals surface area contributed by atoms with Gasteiger partial charge in [-0.15, -0.1) is 31.4 Å². The molecule has 4 rings (SSSR count). The average molecular weight is 669 g/mol. The summed E-state index contributed by atoms with van der Waals surface area (Å²) in [7, 11) is 0. The summed E-state index contributed by atoms with van der Waals surface area (Å²) in [4.78, 5) is 37.0. The maximum Gasteiger partial charge on any atom is 0.573 e. The SMILES string of the molecule is O=C(Nc1ccn(CCCCn2cc(C(=O)NCc3cccc(OC(F)(F)F)c3)nn2)c(=O)c1)OCc1cccc(OC(F)(F)F)c1. The lowest BCUT2D eigenvalue weighted by atomic mass is 10.2. The molecule has 2 heterocycles. The number of hydrogen-bond acceptors (Lipinski definition) is 8. The normalized spacial score (nSPS) is 11.5. The van der Waals surface area contributed by atoms with Crippen LogP contribution in [0.5, 0.6) is 11.5 Å². The zero-order chi connectivity index (χ0) is 34.0. The van der Waals surface area contributed by atoms with Gasteiger partial charge in [-0.05, 0) is 54.3 Å². The van der Waals surface area contributed by atoms with Crippen molar-refractivity contribution in [3.05, 3.63) is 100 Å². The van der Waals surface area contributed by atoms with Crippen LogP contribution in [-0.2, 0) is 31.0 Å². The highest BCUT2D eigenvalue weighted by atomic mass is 19.4. The first-order chi connectivity index (χ1) is 22.2. The minimum atomic E-state index is -4.86. The van der Waals surface area contributed by atoms with Crippen LogP contribution in [0.4, 0.5) is 36.8 Å². The predicted octanol–water partition coefficient (Wildman–Crippen LogP) is 5.40. The number of amides is 2. The fraction of sp³-hybridized carbons (Fsp3) is 0.276. The van der Waals surface area contributed by atoms with Crippen molar-refractivity contribution >= 4 is 17.7 Å². The highest BCUT2D eigenvalue weighted by Crippen LogP contribution is 2.24. The van der Waals surface area contributed by atoms with Crippen LogP contribution in [0.1, 0.15) is 34.5 Å². The molecule has 2 aromatic heterocycles. The van der Waals surface area contributed by atoms with Gasteiger partial charge in [-0.25, -0.2) is 4.79 Å². The number of benzene rings is 2. The first kappa shape index (κ1) is 34.3. The Balaban J connectivity index is 1.17. The van der Waals surface area contributed by atoms with E-state index < -0.39 is 41.8 Å². The monoisotopic (exact) mass is 668 g/mol. The largest absolute Gasteiger partial charge is 0.573 e. The Hall–Kier alpha value is -5.55. The van der Waals surface area contributed by atoms with Crippen LogP contribution >= 0.6 is 0 Å². The maximum absolute atomic E-state index is 12.5. The maximum atomic E-state index is 12.5. The molecule has 12 nitrogen and oxygen atoms in total. The number of anilines is 1. The minimum Gasteiger partial charge on any atom is -0.444 e. The molecule has 0 unspecified atom stereocenters. The van der Waals surface area contributed by atoms with E-state index in [0.29, 0.717) is 31.5 Å². The van der Waals surface area contributed by atoms with E-state index in [-0.39, 0.29) is 30.1 Å². The third-order valence-electron chi connectivity index (χ3n) is 6.14. The molecule has 0 radical (unpaired) electrons. The standard InChI is InChI=1S/C29H26F6N6O6/c30-28(31,32)46-22-7-3-5-19(13-22)16-36-26(43)24-17-41(39-38-24)11-2-1-10-40-12-9-21(15-25(40)42)37-27(44)45-18-20-6-4-8-23(14-20)47-29(33,34)35/h3-9,12-15,17H,1-2,10-11,16,18H2,(H,36,43)(H,37,44). The zero-order valence-electron chi connectivity index (χ0n) is 24.2. The summed E-state index contributed by atoms with van der Waals surface area (Å²) in [5.41, 5.74) is 0.394. The summed E-state index contributed by atoms with van der Waals surface area (Å²) < 4.78 is 90.0. The number of pyridine rings is 1. The number of alkyl halides is 6. The molecule has 0 fully saturated rings. The van der Waals surface area contributed by atoms with E-state index in [0.717, 1.165) is 24.3 Å². The summed E-state index contributed by atoms with van der Waals surface area (Å²) in [5.74, 6) is -1.44. The highest BCUT2D eigenvalue weighted by molar-refractivity contribution is 5.91. The number of carbonyl (C=O) groups excluding carboxylic acids is 2. The Morgan fingerprint density at radius 2 is 1.47 bits per heavy atom. The summed E-state index contributed by atoms with van der Waals surface area (Å²) in [6, 6.07) is 12.8. The van der Waals surface area contributed by atoms with Gasteiger partial charge in [0.1, 0.15) is 18.1 Å². The first-order valence-corrected chi connectivity index (χ1v) is 13.7. The Morgan fingerprint density at radius 3 is 2.13 bits per heavy atom. The van der Waals surface area contributed by atoms with Gasteiger partial charge in [0.15, 0.2) is 5.69 Å². The molecule has 2 amide bonds. The van der Waals surface area contributed by atoms with Crippen LogP contribution in [-0.4, -0.2) is 44.3 Å². The van der Waals surface area contributed by atoms with Gasteiger partial charge in [-0.1, -0.05) is 29.5 Å². The van der Waals surface area contributed by atoms with Gasteiger partial charge in [0, 0.05) is 31.9 Å². The van der Waals surface area contributed by atoms with Crippen LogP contribution in [0.2, 0.25) is 0 Å². The minimum absolute atomic E-state index is 0.00882. The molecule has 4 aromatic rings. The number of rotatable bonds is 13. The summed E-state index contributed by atoms with van der Waals surface area (Å²) >= 11 is 0. The molecule has 0 aliphatic carbocycles. The average Bonchev–Trinajstić information content (AvgIpc) is 3.46. The van der Waals surface area contributed by atoms with E-state index in [1.165, 1.54) is 58.0 Å². The van der Waals surface area contributed by atoms with Gasteiger partial charge in [0.25, 0.3) is 11.5 Å². The summed E-state index contributed by atoms with van der Waals surface area (Å²) in [6.45, 7) is 0.305. The molecular weight excluding hydrogens is 642 g/mol. The molecule has 0 aliphatic rings. The fourth-order valence-electron chi connectivity index (χ4n) is 4.10. The summed E-state index contributed by atoms with van der Waals surface area (Å²) in [5, 5.41) is 12.6. The second-order valence-corrected chi connectivity index (χ2v) is 9.80. The number of aryl methyl sites for hydroxylation is 2. The quantitative estimate of drug-likeness (QED) is 0.143. The molecule has 0 atom stereocenters. The number of carbonyl (C=O) groups is 2. The molecule has 250 valence electrons. The Morgan fingerprint density at radius 1 is 0.830 bits per heavy atom. The summed E-state index contributed by atoms with van der Waals surface area (Å²) in [6.07, 6.45) is -6.62. The predicted molar refractivity (Wildman–Crippen MR) is 151 cm³/mol. The van der Waals surface area contributed by atoms with E-state index in [1.807, 2.05) is 0 Å². The molecule has 2 aromatic carbocycles. The number of ether oxygens (including phenoxy) is 3. The van der Waals surface area contributed by atoms with Crippen LogP contribution in [0, 0.1) is 0 Å².